The second-order valence-corrected chi connectivity index (χ2v) is 7.44. The molecule has 9 heteroatoms. The van der Waals surface area contributed by atoms with Crippen LogP contribution >= 0.6 is 0 Å². The van der Waals surface area contributed by atoms with Crippen molar-refractivity contribution in [3.05, 3.63) is 71.8 Å². The highest BCUT2D eigenvalue weighted by Crippen LogP contribution is 2.42. The molecule has 1 fully saturated rings. The Kier molecular flexibility index (Phi) is 3.30. The number of nitrogens with one attached hydrogen (secondary N) is 3. The topological polar surface area (TPSA) is 121 Å². The standard InChI is InChI=1S/C20H19N9/c21-20(16-10-15(27-28-16)12-7-8-12)13-4-1-2-5-14(13)24-19(26-20)25-18-11-22-17-6-3-9-23-29(17)18/h1-6,9-12H,7-8,21H2,(H,27,28)(H2,24,25,26). The van der Waals surface area contributed by atoms with Gasteiger partial charge in [-0.15, -0.1) is 0 Å². The van der Waals surface area contributed by atoms with Gasteiger partial charge in [0.15, 0.2) is 17.1 Å². The lowest BCUT2D eigenvalue weighted by atomic mass is 9.94. The van der Waals surface area contributed by atoms with E-state index in [1.807, 2.05) is 42.5 Å². The quantitative estimate of drug-likeness (QED) is 0.430. The minimum atomic E-state index is -1.11. The van der Waals surface area contributed by atoms with E-state index in [1.54, 1.807) is 16.9 Å². The van der Waals surface area contributed by atoms with Gasteiger partial charge in [-0.05, 0) is 37.1 Å². The fourth-order valence-electron chi connectivity index (χ4n) is 3.74. The predicted molar refractivity (Wildman–Crippen MR) is 110 cm³/mol. The maximum Gasteiger partial charge on any atom is 0.204 e. The first-order chi connectivity index (χ1) is 14.2. The van der Waals surface area contributed by atoms with Gasteiger partial charge in [0, 0.05) is 29.1 Å². The number of benzene rings is 1. The van der Waals surface area contributed by atoms with E-state index in [2.05, 4.69) is 30.9 Å². The molecule has 2 aliphatic rings. The van der Waals surface area contributed by atoms with E-state index in [1.165, 1.54) is 12.8 Å². The number of para-hydroxylation sites is 1. The Morgan fingerprint density at radius 2 is 2.07 bits per heavy atom. The zero-order valence-electron chi connectivity index (χ0n) is 15.5. The first-order valence-electron chi connectivity index (χ1n) is 9.57. The molecule has 1 aliphatic heterocycles. The molecule has 0 saturated heterocycles. The number of nitrogens with two attached hydrogens (primary N) is 1. The lowest BCUT2D eigenvalue weighted by molar-refractivity contribution is 0.547. The van der Waals surface area contributed by atoms with Crippen molar-refractivity contribution in [1.82, 2.24) is 24.8 Å². The number of aromatic nitrogens is 5. The smallest absolute Gasteiger partial charge is 0.204 e. The van der Waals surface area contributed by atoms with Crippen LogP contribution in [0.3, 0.4) is 0 Å². The molecular weight excluding hydrogens is 366 g/mol. The van der Waals surface area contributed by atoms with Gasteiger partial charge in [-0.3, -0.25) is 10.8 Å². The molecule has 9 nitrogen and oxygen atoms in total. The first-order valence-corrected chi connectivity index (χ1v) is 9.57. The van der Waals surface area contributed by atoms with Crippen molar-refractivity contribution in [2.24, 2.45) is 10.7 Å². The maximum absolute atomic E-state index is 6.87. The highest BCUT2D eigenvalue weighted by molar-refractivity contribution is 6.05. The second kappa shape index (κ2) is 5.89. The van der Waals surface area contributed by atoms with Gasteiger partial charge in [-0.25, -0.2) is 9.98 Å². The van der Waals surface area contributed by atoms with Gasteiger partial charge in [0.05, 0.1) is 6.20 Å². The minimum absolute atomic E-state index is 0.509. The third-order valence-electron chi connectivity index (χ3n) is 5.41. The molecule has 5 N–H and O–H groups in total. The summed E-state index contributed by atoms with van der Waals surface area (Å²) in [6.45, 7) is 0. The van der Waals surface area contributed by atoms with Gasteiger partial charge in [-0.1, -0.05) is 18.2 Å². The Hall–Kier alpha value is -3.72. The molecule has 3 aromatic heterocycles. The number of guanidine groups is 1. The largest absolute Gasteiger partial charge is 0.326 e. The fourth-order valence-corrected chi connectivity index (χ4v) is 3.74. The zero-order valence-corrected chi connectivity index (χ0v) is 15.5. The van der Waals surface area contributed by atoms with E-state index in [4.69, 9.17) is 10.7 Å². The number of anilines is 2. The number of H-pyrrole nitrogens is 1. The molecular formula is C20H19N9. The van der Waals surface area contributed by atoms with Crippen LogP contribution in [0.4, 0.5) is 11.5 Å². The van der Waals surface area contributed by atoms with Crippen LogP contribution < -0.4 is 16.4 Å². The predicted octanol–water partition coefficient (Wildman–Crippen LogP) is 2.38. The monoisotopic (exact) mass is 385 g/mol. The molecule has 0 amide bonds. The van der Waals surface area contributed by atoms with E-state index in [-0.39, 0.29) is 0 Å². The first kappa shape index (κ1) is 16.3. The fraction of sp³-hybridized carbons (Fsp3) is 0.200. The molecule has 1 aliphatic carbocycles. The van der Waals surface area contributed by atoms with E-state index < -0.39 is 5.66 Å². The van der Waals surface area contributed by atoms with Gasteiger partial charge >= 0.3 is 0 Å². The van der Waals surface area contributed by atoms with Gasteiger partial charge < -0.3 is 10.6 Å². The van der Waals surface area contributed by atoms with Crippen LogP contribution in [-0.4, -0.2) is 30.8 Å². The van der Waals surface area contributed by atoms with Crippen LogP contribution in [0, 0.1) is 0 Å². The summed E-state index contributed by atoms with van der Waals surface area (Å²) < 4.78 is 1.71. The molecule has 1 unspecified atom stereocenters. The molecule has 144 valence electrons. The summed E-state index contributed by atoms with van der Waals surface area (Å²) in [5.74, 6) is 1.76. The number of fused-ring (bicyclic) bond motifs is 2. The highest BCUT2D eigenvalue weighted by Gasteiger charge is 2.39. The van der Waals surface area contributed by atoms with Crippen LogP contribution in [0.15, 0.2) is 59.9 Å². The number of nitrogens with zero attached hydrogens (tertiary/aromatic N) is 5. The van der Waals surface area contributed by atoms with Gasteiger partial charge in [0.25, 0.3) is 0 Å². The van der Waals surface area contributed by atoms with Crippen molar-refractivity contribution in [2.45, 2.75) is 24.4 Å². The van der Waals surface area contributed by atoms with Crippen LogP contribution in [0.1, 0.15) is 35.7 Å². The Morgan fingerprint density at radius 3 is 2.97 bits per heavy atom. The molecule has 1 saturated carbocycles. The Labute approximate surface area is 166 Å². The molecule has 0 radical (unpaired) electrons. The second-order valence-electron chi connectivity index (χ2n) is 7.44. The Bertz CT molecular complexity index is 1250. The summed E-state index contributed by atoms with van der Waals surface area (Å²) in [7, 11) is 0. The normalized spacial score (nSPS) is 20.8. The number of hydrogen-bond donors (Lipinski definition) is 4. The molecule has 4 aromatic rings. The summed E-state index contributed by atoms with van der Waals surface area (Å²) in [6.07, 6.45) is 5.80. The SMILES string of the molecule is NC1(c2cc(C3CC3)[nH]n2)N=C(Nc2cnc3cccnn23)Nc2ccccc21. The molecule has 1 aromatic carbocycles. The van der Waals surface area contributed by atoms with Gasteiger partial charge in [0.2, 0.25) is 5.96 Å². The summed E-state index contributed by atoms with van der Waals surface area (Å²) >= 11 is 0. The van der Waals surface area contributed by atoms with E-state index in [9.17, 15) is 0 Å². The Morgan fingerprint density at radius 1 is 1.17 bits per heavy atom. The van der Waals surface area contributed by atoms with Crippen molar-refractivity contribution in [1.29, 1.82) is 0 Å². The number of rotatable bonds is 3. The van der Waals surface area contributed by atoms with E-state index in [0.717, 1.165) is 22.6 Å². The molecule has 29 heavy (non-hydrogen) atoms. The van der Waals surface area contributed by atoms with E-state index in [0.29, 0.717) is 23.4 Å². The summed E-state index contributed by atoms with van der Waals surface area (Å²) in [6, 6.07) is 13.7. The number of hydrogen-bond acceptors (Lipinski definition) is 7. The molecule has 1 atom stereocenters. The van der Waals surface area contributed by atoms with Gasteiger partial charge in [0.1, 0.15) is 5.69 Å². The minimum Gasteiger partial charge on any atom is -0.326 e. The van der Waals surface area contributed by atoms with Crippen molar-refractivity contribution >= 4 is 23.1 Å². The van der Waals surface area contributed by atoms with Crippen molar-refractivity contribution in [2.75, 3.05) is 10.6 Å². The van der Waals surface area contributed by atoms with Crippen molar-refractivity contribution in [3.63, 3.8) is 0 Å². The summed E-state index contributed by atoms with van der Waals surface area (Å²) in [5.41, 5.74) is 10.1. The van der Waals surface area contributed by atoms with Crippen LogP contribution in [0.25, 0.3) is 5.65 Å². The van der Waals surface area contributed by atoms with Crippen molar-refractivity contribution < 1.29 is 0 Å². The molecule has 0 spiro atoms. The average molecular weight is 385 g/mol. The number of imidazole rings is 1. The number of aromatic amines is 1. The molecule has 4 heterocycles. The Balaban J connectivity index is 1.44. The van der Waals surface area contributed by atoms with Gasteiger partial charge in [-0.2, -0.15) is 14.7 Å². The van der Waals surface area contributed by atoms with E-state index >= 15 is 0 Å². The third kappa shape index (κ3) is 2.59. The summed E-state index contributed by atoms with van der Waals surface area (Å²) in [5, 5.41) is 18.6. The summed E-state index contributed by atoms with van der Waals surface area (Å²) in [4.78, 5) is 9.18. The highest BCUT2D eigenvalue weighted by atomic mass is 15.3. The lowest BCUT2D eigenvalue weighted by Gasteiger charge is -2.32. The van der Waals surface area contributed by atoms with Crippen molar-refractivity contribution in [3.8, 4) is 0 Å². The third-order valence-corrected chi connectivity index (χ3v) is 5.41. The van der Waals surface area contributed by atoms with Crippen LogP contribution in [-0.2, 0) is 5.66 Å². The maximum atomic E-state index is 6.87. The molecule has 6 rings (SSSR count). The molecule has 0 bridgehead atoms. The zero-order chi connectivity index (χ0) is 19.4. The average Bonchev–Trinajstić information content (AvgIpc) is 3.32. The van der Waals surface area contributed by atoms with Crippen LogP contribution in [0.2, 0.25) is 0 Å². The lowest BCUT2D eigenvalue weighted by Crippen LogP contribution is -2.44. The van der Waals surface area contributed by atoms with Crippen LogP contribution in [0.5, 0.6) is 0 Å². The number of aliphatic imine (C=N–C) groups is 1.